The second-order valence-corrected chi connectivity index (χ2v) is 8.98. The molecule has 4 aromatic rings. The van der Waals surface area contributed by atoms with Crippen LogP contribution in [0.25, 0.3) is 9.69 Å². The van der Waals surface area contributed by atoms with Gasteiger partial charge in [0.05, 0.1) is 53.0 Å². The summed E-state index contributed by atoms with van der Waals surface area (Å²) >= 11 is 0. The van der Waals surface area contributed by atoms with Crippen LogP contribution in [0.1, 0.15) is 41.4 Å². The van der Waals surface area contributed by atoms with Crippen molar-refractivity contribution in [3.05, 3.63) is 130 Å². The Morgan fingerprint density at radius 3 is 1.17 bits per heavy atom. The van der Waals surface area contributed by atoms with Crippen LogP contribution in [-0.2, 0) is 9.47 Å². The molecule has 0 spiro atoms. The summed E-state index contributed by atoms with van der Waals surface area (Å²) < 4.78 is 19.8. The van der Waals surface area contributed by atoms with Crippen LogP contribution in [0.15, 0.2) is 84.9 Å². The van der Waals surface area contributed by atoms with E-state index in [4.69, 9.17) is 22.6 Å². The van der Waals surface area contributed by atoms with Crippen molar-refractivity contribution in [1.29, 1.82) is 0 Å². The molecule has 4 aromatic carbocycles. The summed E-state index contributed by atoms with van der Waals surface area (Å²) in [4.78, 5) is 54.5. The highest BCUT2D eigenvalue weighted by atomic mass is 16.5. The molecule has 232 valence electrons. The minimum absolute atomic E-state index is 0.219. The number of carbonyl (C=O) groups excluding carboxylic acids is 4. The molecule has 0 radical (unpaired) electrons. The van der Waals surface area contributed by atoms with Gasteiger partial charge in [-0.2, -0.15) is 0 Å². The van der Waals surface area contributed by atoms with Crippen molar-refractivity contribution in [2.24, 2.45) is 0 Å². The first-order chi connectivity index (χ1) is 22.2. The molecule has 0 aromatic heterocycles. The Kier molecular flexibility index (Phi) is 12.0. The predicted octanol–water partition coefficient (Wildman–Crippen LogP) is 6.57. The molecule has 0 atom stereocenters. The topological polar surface area (TPSA) is 138 Å². The first kappa shape index (κ1) is 33.8. The van der Waals surface area contributed by atoms with Gasteiger partial charge in [-0.3, -0.25) is 9.59 Å². The Labute approximate surface area is 265 Å². The quantitative estimate of drug-likeness (QED) is 0.167. The van der Waals surface area contributed by atoms with Crippen LogP contribution < -0.4 is 20.1 Å². The fourth-order valence-corrected chi connectivity index (χ4v) is 4.02. The Morgan fingerprint density at radius 1 is 0.543 bits per heavy atom. The number of methoxy groups -OCH3 is 4. The van der Waals surface area contributed by atoms with Crippen LogP contribution in [-0.4, -0.2) is 52.2 Å². The first-order valence-electron chi connectivity index (χ1n) is 13.3. The maximum Gasteiger partial charge on any atom is 0.341 e. The number of hydrogen-bond donors (Lipinski definition) is 2. The number of benzene rings is 4. The summed E-state index contributed by atoms with van der Waals surface area (Å²) in [7, 11) is 5.35. The van der Waals surface area contributed by atoms with E-state index in [0.29, 0.717) is 33.9 Å². The van der Waals surface area contributed by atoms with E-state index in [1.165, 1.54) is 28.4 Å². The van der Waals surface area contributed by atoms with Gasteiger partial charge in [-0.25, -0.2) is 19.3 Å². The molecule has 0 bridgehead atoms. The summed E-state index contributed by atoms with van der Waals surface area (Å²) in [5.41, 5.74) is 2.83. The third kappa shape index (κ3) is 8.24. The van der Waals surface area contributed by atoms with Crippen LogP contribution in [0.5, 0.6) is 11.5 Å². The SMILES string of the molecule is [C-]#[N+]c1ccc(C(=O)Nc2cccc(C(=O)OC)c2OC)cc1.[C-]#[N+]c1ccc(C(=O)Nc2cccc(C(=O)OC)c2OC)cc1. The number of para-hydroxylation sites is 2. The number of amides is 2. The molecule has 0 saturated heterocycles. The highest BCUT2D eigenvalue weighted by Gasteiger charge is 2.19. The minimum Gasteiger partial charge on any atom is -0.494 e. The van der Waals surface area contributed by atoms with Gasteiger partial charge >= 0.3 is 11.9 Å². The number of carbonyl (C=O) groups is 4. The molecule has 0 aliphatic rings. The number of rotatable bonds is 8. The molecule has 12 heteroatoms. The third-order valence-corrected chi connectivity index (χ3v) is 6.26. The maximum atomic E-state index is 12.3. The zero-order chi connectivity index (χ0) is 33.6. The average Bonchev–Trinajstić information content (AvgIpc) is 3.10. The number of anilines is 2. The lowest BCUT2D eigenvalue weighted by molar-refractivity contribution is 0.0588. The molecule has 2 amide bonds. The second kappa shape index (κ2) is 16.3. The van der Waals surface area contributed by atoms with Crippen molar-refractivity contribution in [3.63, 3.8) is 0 Å². The lowest BCUT2D eigenvalue weighted by Gasteiger charge is -2.13. The Bertz CT molecular complexity index is 1690. The Hall–Kier alpha value is -6.66. The molecule has 0 fully saturated rings. The Balaban J connectivity index is 0.000000250. The minimum atomic E-state index is -0.556. The molecule has 0 unspecified atom stereocenters. The molecule has 4 rings (SSSR count). The van der Waals surface area contributed by atoms with E-state index >= 15 is 0 Å². The van der Waals surface area contributed by atoms with E-state index in [-0.39, 0.29) is 34.4 Å². The van der Waals surface area contributed by atoms with Crippen molar-refractivity contribution in [3.8, 4) is 11.5 Å². The van der Waals surface area contributed by atoms with Crippen LogP contribution in [0.4, 0.5) is 22.7 Å². The molecule has 0 aliphatic heterocycles. The normalized spacial score (nSPS) is 9.61. The number of nitrogens with one attached hydrogen (secondary N) is 2. The molecular formula is C34H28N4O8. The molecule has 0 aliphatic carbocycles. The van der Waals surface area contributed by atoms with Crippen molar-refractivity contribution in [2.75, 3.05) is 39.1 Å². The van der Waals surface area contributed by atoms with Crippen LogP contribution >= 0.6 is 0 Å². The van der Waals surface area contributed by atoms with Crippen LogP contribution in [0, 0.1) is 13.1 Å². The van der Waals surface area contributed by atoms with E-state index in [9.17, 15) is 19.2 Å². The van der Waals surface area contributed by atoms with Gasteiger partial charge in [-0.15, -0.1) is 0 Å². The van der Waals surface area contributed by atoms with Gasteiger partial charge in [0.1, 0.15) is 11.1 Å². The summed E-state index contributed by atoms with van der Waals surface area (Å²) in [6, 6.07) is 22.0. The number of ether oxygens (including phenoxy) is 4. The molecule has 0 heterocycles. The van der Waals surface area contributed by atoms with Crippen LogP contribution in [0.3, 0.4) is 0 Å². The monoisotopic (exact) mass is 620 g/mol. The summed E-state index contributed by atoms with van der Waals surface area (Å²) in [6.45, 7) is 13.8. The largest absolute Gasteiger partial charge is 0.494 e. The van der Waals surface area contributed by atoms with E-state index in [2.05, 4.69) is 29.8 Å². The van der Waals surface area contributed by atoms with E-state index in [0.717, 1.165) is 0 Å². The van der Waals surface area contributed by atoms with Crippen molar-refractivity contribution < 1.29 is 38.1 Å². The average molecular weight is 621 g/mol. The molecule has 46 heavy (non-hydrogen) atoms. The molecular weight excluding hydrogens is 592 g/mol. The van der Waals surface area contributed by atoms with E-state index in [1.807, 2.05) is 0 Å². The van der Waals surface area contributed by atoms with E-state index < -0.39 is 11.9 Å². The summed E-state index contributed by atoms with van der Waals surface area (Å²) in [5, 5.41) is 5.37. The lowest BCUT2D eigenvalue weighted by atomic mass is 10.1. The van der Waals surface area contributed by atoms with Crippen molar-refractivity contribution in [1.82, 2.24) is 0 Å². The van der Waals surface area contributed by atoms with Gasteiger partial charge in [0.15, 0.2) is 22.9 Å². The molecule has 2 N–H and O–H groups in total. The zero-order valence-corrected chi connectivity index (χ0v) is 25.2. The van der Waals surface area contributed by atoms with Crippen molar-refractivity contribution in [2.45, 2.75) is 0 Å². The predicted molar refractivity (Wildman–Crippen MR) is 170 cm³/mol. The zero-order valence-electron chi connectivity index (χ0n) is 25.2. The van der Waals surface area contributed by atoms with Gasteiger partial charge in [-0.05, 0) is 24.3 Å². The highest BCUT2D eigenvalue weighted by Crippen LogP contribution is 2.31. The van der Waals surface area contributed by atoms with Crippen molar-refractivity contribution >= 4 is 46.5 Å². The highest BCUT2D eigenvalue weighted by molar-refractivity contribution is 6.07. The number of esters is 2. The Morgan fingerprint density at radius 2 is 0.891 bits per heavy atom. The van der Waals surface area contributed by atoms with Gasteiger partial charge in [-0.1, -0.05) is 60.7 Å². The van der Waals surface area contributed by atoms with Gasteiger partial charge in [0.25, 0.3) is 11.8 Å². The van der Waals surface area contributed by atoms with Gasteiger partial charge < -0.3 is 29.6 Å². The summed E-state index contributed by atoms with van der Waals surface area (Å²) in [6.07, 6.45) is 0. The second-order valence-electron chi connectivity index (χ2n) is 8.98. The third-order valence-electron chi connectivity index (χ3n) is 6.26. The van der Waals surface area contributed by atoms with Gasteiger partial charge in [0, 0.05) is 11.1 Å². The standard InChI is InChI=1S/2C17H14N2O4/c2*1-18-12-9-7-11(8-10-12)16(20)19-14-6-4-5-13(15(14)22-2)17(21)23-3/h2*4-10H,2-3H3,(H,19,20). The van der Waals surface area contributed by atoms with E-state index in [1.54, 1.807) is 84.9 Å². The lowest BCUT2D eigenvalue weighted by Crippen LogP contribution is -2.14. The number of hydrogen-bond acceptors (Lipinski definition) is 8. The fourth-order valence-electron chi connectivity index (χ4n) is 4.02. The van der Waals surface area contributed by atoms with Crippen LogP contribution in [0.2, 0.25) is 0 Å². The summed E-state index contributed by atoms with van der Waals surface area (Å²) in [5.74, 6) is -1.40. The number of nitrogens with zero attached hydrogens (tertiary/aromatic N) is 2. The first-order valence-corrected chi connectivity index (χ1v) is 13.3. The molecule has 12 nitrogen and oxygen atoms in total. The van der Waals surface area contributed by atoms with Gasteiger partial charge in [0.2, 0.25) is 0 Å². The smallest absolute Gasteiger partial charge is 0.341 e. The maximum absolute atomic E-state index is 12.3. The molecule has 0 saturated carbocycles. The fraction of sp³-hybridized carbons (Fsp3) is 0.118.